The molecule has 1 heterocycles. The summed E-state index contributed by atoms with van der Waals surface area (Å²) >= 11 is 0. The Morgan fingerprint density at radius 1 is 1.26 bits per heavy atom. The van der Waals surface area contributed by atoms with Gasteiger partial charge in [-0.15, -0.1) is 0 Å². The van der Waals surface area contributed by atoms with Gasteiger partial charge in [-0.25, -0.2) is 21.9 Å². The van der Waals surface area contributed by atoms with Crippen LogP contribution in [0.1, 0.15) is 46.0 Å². The van der Waals surface area contributed by atoms with E-state index in [-0.39, 0.29) is 28.5 Å². The first-order valence-electron chi connectivity index (χ1n) is 10.1. The zero-order valence-corrected chi connectivity index (χ0v) is 18.4. The van der Waals surface area contributed by atoms with E-state index in [4.69, 9.17) is 4.74 Å². The number of piperidine rings is 1. The molecule has 174 valence electrons. The Morgan fingerprint density at radius 3 is 2.68 bits per heavy atom. The summed E-state index contributed by atoms with van der Waals surface area (Å²) in [5.41, 5.74) is -0.743. The topological polar surface area (TPSA) is 114 Å². The highest BCUT2D eigenvalue weighted by Crippen LogP contribution is 2.21. The van der Waals surface area contributed by atoms with Crippen molar-refractivity contribution in [2.24, 2.45) is 0 Å². The molecule has 3 N–H and O–H groups in total. The number of carbonyl (C=O) groups is 2. The summed E-state index contributed by atoms with van der Waals surface area (Å²) < 4.78 is 57.5. The van der Waals surface area contributed by atoms with Gasteiger partial charge in [0.2, 0.25) is 21.8 Å². The van der Waals surface area contributed by atoms with Crippen molar-refractivity contribution in [3.8, 4) is 5.75 Å². The minimum Gasteiger partial charge on any atom is -0.488 e. The molecule has 0 aliphatic carbocycles. The molecule has 1 aromatic carbocycles. The van der Waals surface area contributed by atoms with E-state index in [9.17, 15) is 26.8 Å². The van der Waals surface area contributed by atoms with E-state index in [0.29, 0.717) is 32.2 Å². The smallest absolute Gasteiger partial charge is 0.272 e. The van der Waals surface area contributed by atoms with Crippen LogP contribution < -0.4 is 20.1 Å². The highest BCUT2D eigenvalue weighted by atomic mass is 32.2. The van der Waals surface area contributed by atoms with Gasteiger partial charge in [-0.3, -0.25) is 14.9 Å². The minimum atomic E-state index is -3.87. The van der Waals surface area contributed by atoms with Gasteiger partial charge in [0.15, 0.2) is 0 Å². The highest BCUT2D eigenvalue weighted by Gasteiger charge is 2.27. The normalized spacial score (nSPS) is 17.6. The van der Waals surface area contributed by atoms with Gasteiger partial charge in [0.25, 0.3) is 6.43 Å². The van der Waals surface area contributed by atoms with Gasteiger partial charge >= 0.3 is 0 Å². The number of amides is 2. The van der Waals surface area contributed by atoms with Gasteiger partial charge in [0.1, 0.15) is 12.4 Å². The van der Waals surface area contributed by atoms with E-state index in [0.717, 1.165) is 6.42 Å². The third kappa shape index (κ3) is 8.50. The number of ether oxygens (including phenoxy) is 1. The second-order valence-electron chi connectivity index (χ2n) is 8.08. The fourth-order valence-corrected chi connectivity index (χ4v) is 4.70. The number of unbranched alkanes of at least 4 members (excludes halogenated alkanes) is 1. The van der Waals surface area contributed by atoms with Crippen LogP contribution in [-0.2, 0) is 19.6 Å². The summed E-state index contributed by atoms with van der Waals surface area (Å²) in [4.78, 5) is 22.8. The summed E-state index contributed by atoms with van der Waals surface area (Å²) in [7, 11) is -3.87. The molecular formula is C20H29F2N3O5S. The first kappa shape index (κ1) is 25.2. The van der Waals surface area contributed by atoms with Gasteiger partial charge in [0, 0.05) is 18.0 Å². The van der Waals surface area contributed by atoms with Crippen LogP contribution >= 0.6 is 0 Å². The molecule has 1 saturated heterocycles. The molecule has 1 aliphatic rings. The quantitative estimate of drug-likeness (QED) is 0.324. The average molecular weight is 462 g/mol. The lowest BCUT2D eigenvalue weighted by atomic mass is 9.98. The summed E-state index contributed by atoms with van der Waals surface area (Å²) in [5.74, 6) is -0.521. The summed E-state index contributed by atoms with van der Waals surface area (Å²) in [5, 5.41) is 5.40. The van der Waals surface area contributed by atoms with Crippen molar-refractivity contribution < 1.29 is 31.5 Å². The molecular weight excluding hydrogens is 432 g/mol. The molecule has 0 radical (unpaired) electrons. The number of sulfonamides is 1. The summed E-state index contributed by atoms with van der Waals surface area (Å²) in [6, 6.07) is 5.05. The SMILES string of the molecule is CC(C)(CCCCNC1CCC(=O)NC1=O)NS(=O)(=O)c1cccc(OCC(F)F)c1. The standard InChI is InChI=1S/C20H29F2N3O5S/c1-20(2,10-3-4-11-23-16-8-9-18(26)24-19(16)27)25-31(28,29)15-7-5-6-14(12-15)30-13-17(21)22/h5-7,12,16-17,23,25H,3-4,8-11,13H2,1-2H3,(H,24,26,27). The number of alkyl halides is 2. The van der Waals surface area contributed by atoms with Gasteiger partial charge in [-0.05, 0) is 51.8 Å². The van der Waals surface area contributed by atoms with E-state index in [2.05, 4.69) is 15.4 Å². The third-order valence-electron chi connectivity index (χ3n) is 4.76. The maximum Gasteiger partial charge on any atom is 0.272 e. The molecule has 31 heavy (non-hydrogen) atoms. The molecule has 1 atom stereocenters. The Hall–Kier alpha value is -2.11. The van der Waals surface area contributed by atoms with Crippen LogP contribution in [-0.4, -0.2) is 51.4 Å². The Labute approximate surface area is 181 Å². The number of hydrogen-bond acceptors (Lipinski definition) is 6. The predicted octanol–water partition coefficient (Wildman–Crippen LogP) is 1.95. The summed E-state index contributed by atoms with van der Waals surface area (Å²) in [6.07, 6.45) is 0.0995. The lowest BCUT2D eigenvalue weighted by molar-refractivity contribution is -0.134. The van der Waals surface area contributed by atoms with Crippen LogP contribution in [0.5, 0.6) is 5.75 Å². The van der Waals surface area contributed by atoms with E-state index in [1.165, 1.54) is 24.3 Å². The minimum absolute atomic E-state index is 0.0560. The van der Waals surface area contributed by atoms with Crippen molar-refractivity contribution >= 4 is 21.8 Å². The van der Waals surface area contributed by atoms with Crippen LogP contribution in [0, 0.1) is 0 Å². The monoisotopic (exact) mass is 461 g/mol. The number of rotatable bonds is 12. The number of carbonyl (C=O) groups excluding carboxylic acids is 2. The second kappa shape index (κ2) is 11.0. The highest BCUT2D eigenvalue weighted by molar-refractivity contribution is 7.89. The molecule has 1 aliphatic heterocycles. The fraction of sp³-hybridized carbons (Fsp3) is 0.600. The van der Waals surface area contributed by atoms with E-state index < -0.39 is 28.6 Å². The molecule has 1 fully saturated rings. The van der Waals surface area contributed by atoms with E-state index in [1.807, 2.05) is 0 Å². The second-order valence-corrected chi connectivity index (χ2v) is 9.76. The van der Waals surface area contributed by atoms with Crippen LogP contribution in [0.2, 0.25) is 0 Å². The molecule has 8 nitrogen and oxygen atoms in total. The van der Waals surface area contributed by atoms with Crippen molar-refractivity contribution in [1.29, 1.82) is 0 Å². The van der Waals surface area contributed by atoms with Gasteiger partial charge < -0.3 is 10.1 Å². The Morgan fingerprint density at radius 2 is 2.00 bits per heavy atom. The van der Waals surface area contributed by atoms with Crippen molar-refractivity contribution in [2.45, 2.75) is 68.9 Å². The number of nitrogens with one attached hydrogen (secondary N) is 3. The Bertz CT molecular complexity index is 877. The van der Waals surface area contributed by atoms with E-state index in [1.54, 1.807) is 13.8 Å². The molecule has 0 spiro atoms. The molecule has 11 heteroatoms. The lowest BCUT2D eigenvalue weighted by Crippen LogP contribution is -2.50. The fourth-order valence-electron chi connectivity index (χ4n) is 3.22. The first-order valence-corrected chi connectivity index (χ1v) is 11.6. The van der Waals surface area contributed by atoms with Crippen LogP contribution in [0.25, 0.3) is 0 Å². The number of benzene rings is 1. The molecule has 2 amide bonds. The number of imide groups is 1. The maximum absolute atomic E-state index is 12.7. The molecule has 0 saturated carbocycles. The maximum atomic E-state index is 12.7. The molecule has 0 aromatic heterocycles. The Kier molecular flexibility index (Phi) is 8.90. The van der Waals surface area contributed by atoms with Crippen molar-refractivity contribution in [2.75, 3.05) is 13.2 Å². The van der Waals surface area contributed by atoms with Crippen LogP contribution in [0.3, 0.4) is 0 Å². The van der Waals surface area contributed by atoms with Crippen molar-refractivity contribution in [1.82, 2.24) is 15.4 Å². The molecule has 2 rings (SSSR count). The summed E-state index contributed by atoms with van der Waals surface area (Å²) in [6.45, 7) is 3.28. The zero-order chi connectivity index (χ0) is 23.1. The molecule has 1 aromatic rings. The van der Waals surface area contributed by atoms with E-state index >= 15 is 0 Å². The van der Waals surface area contributed by atoms with Gasteiger partial charge in [-0.1, -0.05) is 12.5 Å². The van der Waals surface area contributed by atoms with Crippen molar-refractivity contribution in [3.63, 3.8) is 0 Å². The number of halogens is 2. The lowest BCUT2D eigenvalue weighted by Gasteiger charge is -2.26. The average Bonchev–Trinajstić information content (AvgIpc) is 2.67. The third-order valence-corrected chi connectivity index (χ3v) is 6.46. The Balaban J connectivity index is 1.81. The molecule has 0 bridgehead atoms. The predicted molar refractivity (Wildman–Crippen MR) is 110 cm³/mol. The zero-order valence-electron chi connectivity index (χ0n) is 17.6. The van der Waals surface area contributed by atoms with Crippen molar-refractivity contribution in [3.05, 3.63) is 24.3 Å². The van der Waals surface area contributed by atoms with Crippen LogP contribution in [0.4, 0.5) is 8.78 Å². The first-order chi connectivity index (χ1) is 14.5. The largest absolute Gasteiger partial charge is 0.488 e. The van der Waals surface area contributed by atoms with Gasteiger partial charge in [0.05, 0.1) is 10.9 Å². The number of hydrogen-bond donors (Lipinski definition) is 3. The van der Waals surface area contributed by atoms with Crippen LogP contribution in [0.15, 0.2) is 29.2 Å². The van der Waals surface area contributed by atoms with Gasteiger partial charge in [-0.2, -0.15) is 0 Å². The molecule has 1 unspecified atom stereocenters.